The zero-order valence-corrected chi connectivity index (χ0v) is 10.3. The van der Waals surface area contributed by atoms with Crippen LogP contribution in [-0.2, 0) is 11.3 Å². The van der Waals surface area contributed by atoms with Crippen molar-refractivity contribution in [1.82, 2.24) is 15.2 Å². The van der Waals surface area contributed by atoms with Crippen LogP contribution in [0.3, 0.4) is 0 Å². The molecule has 1 atom stereocenters. The van der Waals surface area contributed by atoms with Gasteiger partial charge >= 0.3 is 0 Å². The SMILES string of the molecule is CC(NCc1nccs1)C(=O)N1CCCC1. The van der Waals surface area contributed by atoms with Crippen molar-refractivity contribution in [3.63, 3.8) is 0 Å². The molecule has 0 bridgehead atoms. The molecule has 0 aromatic carbocycles. The van der Waals surface area contributed by atoms with Crippen molar-refractivity contribution in [3.8, 4) is 0 Å². The van der Waals surface area contributed by atoms with Crippen LogP contribution in [0.1, 0.15) is 24.8 Å². The molecule has 0 aliphatic carbocycles. The van der Waals surface area contributed by atoms with Crippen LogP contribution in [0, 0.1) is 0 Å². The first-order valence-electron chi connectivity index (χ1n) is 5.68. The van der Waals surface area contributed by atoms with Crippen molar-refractivity contribution < 1.29 is 4.79 Å². The van der Waals surface area contributed by atoms with Gasteiger partial charge in [0.1, 0.15) is 5.01 Å². The first-order valence-corrected chi connectivity index (χ1v) is 6.56. The van der Waals surface area contributed by atoms with Crippen LogP contribution in [0.15, 0.2) is 11.6 Å². The number of hydrogen-bond donors (Lipinski definition) is 1. The van der Waals surface area contributed by atoms with E-state index in [9.17, 15) is 4.79 Å². The smallest absolute Gasteiger partial charge is 0.239 e. The Bertz CT molecular complexity index is 333. The number of thiazole rings is 1. The molecule has 1 amide bonds. The second-order valence-electron chi connectivity index (χ2n) is 4.06. The molecule has 1 saturated heterocycles. The van der Waals surface area contributed by atoms with Gasteiger partial charge in [0.25, 0.3) is 0 Å². The lowest BCUT2D eigenvalue weighted by Gasteiger charge is -2.20. The van der Waals surface area contributed by atoms with E-state index in [0.717, 1.165) is 30.9 Å². The third kappa shape index (κ3) is 2.80. The Balaban J connectivity index is 1.78. The van der Waals surface area contributed by atoms with Gasteiger partial charge in [-0.15, -0.1) is 11.3 Å². The summed E-state index contributed by atoms with van der Waals surface area (Å²) < 4.78 is 0. The van der Waals surface area contributed by atoms with Crippen molar-refractivity contribution in [1.29, 1.82) is 0 Å². The Morgan fingerprint density at radius 1 is 1.62 bits per heavy atom. The van der Waals surface area contributed by atoms with Gasteiger partial charge in [-0.1, -0.05) is 0 Å². The second kappa shape index (κ2) is 5.41. The lowest BCUT2D eigenvalue weighted by molar-refractivity contribution is -0.131. The molecule has 1 aromatic rings. The monoisotopic (exact) mass is 239 g/mol. The summed E-state index contributed by atoms with van der Waals surface area (Å²) in [7, 11) is 0. The van der Waals surface area contributed by atoms with E-state index in [-0.39, 0.29) is 11.9 Å². The van der Waals surface area contributed by atoms with E-state index in [4.69, 9.17) is 0 Å². The molecule has 1 aromatic heterocycles. The summed E-state index contributed by atoms with van der Waals surface area (Å²) >= 11 is 1.61. The van der Waals surface area contributed by atoms with Gasteiger partial charge in [-0.25, -0.2) is 4.98 Å². The first kappa shape index (κ1) is 11.5. The standard InChI is InChI=1S/C11H17N3OS/c1-9(11(15)14-5-2-3-6-14)13-8-10-12-4-7-16-10/h4,7,9,13H,2-3,5-6,8H2,1H3. The van der Waals surface area contributed by atoms with E-state index in [1.54, 1.807) is 17.5 Å². The Labute approximate surface area is 99.7 Å². The largest absolute Gasteiger partial charge is 0.341 e. The average Bonchev–Trinajstić information content (AvgIpc) is 2.96. The van der Waals surface area contributed by atoms with Gasteiger partial charge in [0.05, 0.1) is 6.04 Å². The van der Waals surface area contributed by atoms with Crippen molar-refractivity contribution in [2.75, 3.05) is 13.1 Å². The Kier molecular flexibility index (Phi) is 3.90. The van der Waals surface area contributed by atoms with Gasteiger partial charge in [-0.2, -0.15) is 0 Å². The van der Waals surface area contributed by atoms with Crippen LogP contribution in [0.5, 0.6) is 0 Å². The summed E-state index contributed by atoms with van der Waals surface area (Å²) in [5.74, 6) is 0.217. The lowest BCUT2D eigenvalue weighted by atomic mass is 10.3. The van der Waals surface area contributed by atoms with Crippen LogP contribution in [0.2, 0.25) is 0 Å². The fraction of sp³-hybridized carbons (Fsp3) is 0.636. The minimum atomic E-state index is -0.109. The maximum absolute atomic E-state index is 12.0. The topological polar surface area (TPSA) is 45.2 Å². The van der Waals surface area contributed by atoms with Crippen LogP contribution in [-0.4, -0.2) is 34.9 Å². The number of carbonyl (C=O) groups is 1. The molecule has 5 heteroatoms. The predicted octanol–water partition coefficient (Wildman–Crippen LogP) is 1.24. The Morgan fingerprint density at radius 3 is 3.00 bits per heavy atom. The molecule has 1 aliphatic heterocycles. The van der Waals surface area contributed by atoms with Gasteiger partial charge in [-0.3, -0.25) is 10.1 Å². The lowest BCUT2D eigenvalue weighted by Crippen LogP contribution is -2.43. The molecule has 4 nitrogen and oxygen atoms in total. The quantitative estimate of drug-likeness (QED) is 0.860. The van der Waals surface area contributed by atoms with Crippen LogP contribution in [0.4, 0.5) is 0 Å². The number of likely N-dealkylation sites (tertiary alicyclic amines) is 1. The fourth-order valence-corrected chi connectivity index (χ4v) is 2.45. The fourth-order valence-electron chi connectivity index (χ4n) is 1.88. The number of amides is 1. The number of nitrogens with one attached hydrogen (secondary N) is 1. The molecule has 2 heterocycles. The third-order valence-electron chi connectivity index (χ3n) is 2.83. The van der Waals surface area contributed by atoms with Crippen LogP contribution >= 0.6 is 11.3 Å². The zero-order chi connectivity index (χ0) is 11.4. The molecule has 88 valence electrons. The maximum atomic E-state index is 12.0. The normalized spacial score (nSPS) is 17.7. The summed E-state index contributed by atoms with van der Waals surface area (Å²) in [6.45, 7) is 4.44. The van der Waals surface area contributed by atoms with E-state index in [1.165, 1.54) is 0 Å². The van der Waals surface area contributed by atoms with E-state index < -0.39 is 0 Å². The average molecular weight is 239 g/mol. The highest BCUT2D eigenvalue weighted by molar-refractivity contribution is 7.09. The molecule has 2 rings (SSSR count). The minimum Gasteiger partial charge on any atom is -0.341 e. The molecule has 0 radical (unpaired) electrons. The first-order chi connectivity index (χ1) is 7.77. The number of carbonyl (C=O) groups excluding carboxylic acids is 1. The third-order valence-corrected chi connectivity index (χ3v) is 3.61. The molecule has 1 aliphatic rings. The molecule has 1 N–H and O–H groups in total. The second-order valence-corrected chi connectivity index (χ2v) is 5.04. The summed E-state index contributed by atoms with van der Waals surface area (Å²) in [6.07, 6.45) is 4.07. The van der Waals surface area contributed by atoms with Crippen LogP contribution in [0.25, 0.3) is 0 Å². The molecule has 1 fully saturated rings. The van der Waals surface area contributed by atoms with Gasteiger partial charge in [0.2, 0.25) is 5.91 Å². The number of aromatic nitrogens is 1. The highest BCUT2D eigenvalue weighted by Gasteiger charge is 2.22. The molecular weight excluding hydrogens is 222 g/mol. The van der Waals surface area contributed by atoms with Crippen molar-refractivity contribution in [2.45, 2.75) is 32.4 Å². The van der Waals surface area contributed by atoms with Crippen molar-refractivity contribution >= 4 is 17.2 Å². The summed E-state index contributed by atoms with van der Waals surface area (Å²) in [5, 5.41) is 6.20. The van der Waals surface area contributed by atoms with Gasteiger partial charge in [0.15, 0.2) is 0 Å². The molecule has 1 unspecified atom stereocenters. The van der Waals surface area contributed by atoms with E-state index in [0.29, 0.717) is 6.54 Å². The molecule has 16 heavy (non-hydrogen) atoms. The van der Waals surface area contributed by atoms with E-state index in [2.05, 4.69) is 10.3 Å². The summed E-state index contributed by atoms with van der Waals surface area (Å²) in [5.41, 5.74) is 0. The van der Waals surface area contributed by atoms with E-state index >= 15 is 0 Å². The number of hydrogen-bond acceptors (Lipinski definition) is 4. The number of rotatable bonds is 4. The Morgan fingerprint density at radius 2 is 2.38 bits per heavy atom. The predicted molar refractivity (Wildman–Crippen MR) is 64.2 cm³/mol. The zero-order valence-electron chi connectivity index (χ0n) is 9.48. The highest BCUT2D eigenvalue weighted by Crippen LogP contribution is 2.09. The van der Waals surface area contributed by atoms with Gasteiger partial charge in [0, 0.05) is 31.2 Å². The Hall–Kier alpha value is -0.940. The summed E-state index contributed by atoms with van der Waals surface area (Å²) in [4.78, 5) is 18.1. The van der Waals surface area contributed by atoms with Gasteiger partial charge in [-0.05, 0) is 19.8 Å². The molecule has 0 spiro atoms. The van der Waals surface area contributed by atoms with Crippen molar-refractivity contribution in [3.05, 3.63) is 16.6 Å². The summed E-state index contributed by atoms with van der Waals surface area (Å²) in [6, 6.07) is -0.109. The van der Waals surface area contributed by atoms with E-state index in [1.807, 2.05) is 17.2 Å². The minimum absolute atomic E-state index is 0.109. The van der Waals surface area contributed by atoms with Gasteiger partial charge < -0.3 is 4.90 Å². The highest BCUT2D eigenvalue weighted by atomic mass is 32.1. The van der Waals surface area contributed by atoms with Crippen molar-refractivity contribution in [2.24, 2.45) is 0 Å². The molecular formula is C11H17N3OS. The maximum Gasteiger partial charge on any atom is 0.239 e. The number of nitrogens with zero attached hydrogens (tertiary/aromatic N) is 2. The molecule has 0 saturated carbocycles. The van der Waals surface area contributed by atoms with Crippen LogP contribution < -0.4 is 5.32 Å².